The van der Waals surface area contributed by atoms with Gasteiger partial charge in [0, 0.05) is 18.6 Å². The first-order valence-electron chi connectivity index (χ1n) is 6.57. The number of rotatable bonds is 5. The molecule has 2 nitrogen and oxygen atoms in total. The van der Waals surface area contributed by atoms with E-state index in [4.69, 9.17) is 5.73 Å². The molecule has 0 spiro atoms. The Morgan fingerprint density at radius 2 is 1.80 bits per heavy atom. The molecule has 1 rings (SSSR count). The van der Waals surface area contributed by atoms with Crippen LogP contribution in [-0.2, 0) is 0 Å². The molecule has 0 radical (unpaired) electrons. The highest BCUT2D eigenvalue weighted by Crippen LogP contribution is 2.28. The molecule has 0 heterocycles. The summed E-state index contributed by atoms with van der Waals surface area (Å²) < 4.78 is 0. The normalized spacial score (nSPS) is 21.2. The van der Waals surface area contributed by atoms with Gasteiger partial charge in [0.2, 0.25) is 0 Å². The summed E-state index contributed by atoms with van der Waals surface area (Å²) in [5.41, 5.74) is 5.89. The third kappa shape index (κ3) is 4.12. The van der Waals surface area contributed by atoms with E-state index in [1.165, 1.54) is 38.5 Å². The molecule has 0 bridgehead atoms. The highest BCUT2D eigenvalue weighted by molar-refractivity contribution is 4.77. The topological polar surface area (TPSA) is 29.3 Å². The fourth-order valence-electron chi connectivity index (χ4n) is 2.66. The molecule has 1 saturated carbocycles. The lowest BCUT2D eigenvalue weighted by molar-refractivity contribution is 0.159. The molecule has 1 fully saturated rings. The van der Waals surface area contributed by atoms with Crippen LogP contribution in [-0.4, -0.2) is 30.6 Å². The molecular formula is C13H28N2. The van der Waals surface area contributed by atoms with E-state index < -0.39 is 0 Å². The minimum Gasteiger partial charge on any atom is -0.329 e. The van der Waals surface area contributed by atoms with Crippen molar-refractivity contribution in [2.24, 2.45) is 11.7 Å². The van der Waals surface area contributed by atoms with Crippen molar-refractivity contribution >= 4 is 0 Å². The quantitative estimate of drug-likeness (QED) is 0.759. The second-order valence-corrected chi connectivity index (χ2v) is 5.39. The van der Waals surface area contributed by atoms with E-state index in [1.807, 2.05) is 0 Å². The van der Waals surface area contributed by atoms with Crippen molar-refractivity contribution in [2.45, 2.75) is 64.5 Å². The van der Waals surface area contributed by atoms with E-state index in [2.05, 4.69) is 25.8 Å². The van der Waals surface area contributed by atoms with E-state index >= 15 is 0 Å². The summed E-state index contributed by atoms with van der Waals surface area (Å²) in [6.07, 6.45) is 8.50. The standard InChI is InChI=1S/C13H28N2/c1-11(2)15(3)13(10-14)9-12-7-5-4-6-8-12/h11-13H,4-10,14H2,1-3H3. The maximum atomic E-state index is 5.89. The number of likely N-dealkylation sites (N-methyl/N-ethyl adjacent to an activating group) is 1. The van der Waals surface area contributed by atoms with Crippen LogP contribution >= 0.6 is 0 Å². The van der Waals surface area contributed by atoms with E-state index in [9.17, 15) is 0 Å². The molecule has 1 aliphatic carbocycles. The van der Waals surface area contributed by atoms with Crippen molar-refractivity contribution in [3.63, 3.8) is 0 Å². The summed E-state index contributed by atoms with van der Waals surface area (Å²) in [4.78, 5) is 2.44. The molecule has 0 aromatic rings. The zero-order valence-corrected chi connectivity index (χ0v) is 10.7. The molecule has 1 aliphatic rings. The highest BCUT2D eigenvalue weighted by Gasteiger charge is 2.21. The summed E-state index contributed by atoms with van der Waals surface area (Å²) in [6, 6.07) is 1.20. The van der Waals surface area contributed by atoms with Crippen molar-refractivity contribution in [1.29, 1.82) is 0 Å². The van der Waals surface area contributed by atoms with Crippen molar-refractivity contribution in [2.75, 3.05) is 13.6 Å². The van der Waals surface area contributed by atoms with Crippen molar-refractivity contribution in [3.05, 3.63) is 0 Å². The van der Waals surface area contributed by atoms with E-state index in [-0.39, 0.29) is 0 Å². The van der Waals surface area contributed by atoms with Crippen LogP contribution < -0.4 is 5.73 Å². The number of hydrogen-bond donors (Lipinski definition) is 1. The van der Waals surface area contributed by atoms with Crippen LogP contribution in [0.15, 0.2) is 0 Å². The number of nitrogens with zero attached hydrogens (tertiary/aromatic N) is 1. The smallest absolute Gasteiger partial charge is 0.0220 e. The van der Waals surface area contributed by atoms with E-state index in [0.29, 0.717) is 12.1 Å². The second kappa shape index (κ2) is 6.49. The molecule has 90 valence electrons. The molecule has 2 heteroatoms. The summed E-state index contributed by atoms with van der Waals surface area (Å²) in [7, 11) is 2.21. The summed E-state index contributed by atoms with van der Waals surface area (Å²) in [6.45, 7) is 5.32. The lowest BCUT2D eigenvalue weighted by Crippen LogP contribution is -2.43. The predicted octanol–water partition coefficient (Wildman–Crippen LogP) is 2.62. The van der Waals surface area contributed by atoms with Crippen molar-refractivity contribution in [1.82, 2.24) is 4.90 Å². The largest absolute Gasteiger partial charge is 0.329 e. The molecule has 0 amide bonds. The fourth-order valence-corrected chi connectivity index (χ4v) is 2.66. The van der Waals surface area contributed by atoms with Gasteiger partial charge in [-0.1, -0.05) is 32.1 Å². The average Bonchev–Trinajstić information content (AvgIpc) is 2.26. The Morgan fingerprint density at radius 1 is 1.20 bits per heavy atom. The predicted molar refractivity (Wildman–Crippen MR) is 66.9 cm³/mol. The zero-order chi connectivity index (χ0) is 11.3. The Bertz CT molecular complexity index is 162. The molecule has 1 unspecified atom stereocenters. The maximum Gasteiger partial charge on any atom is 0.0220 e. The van der Waals surface area contributed by atoms with Gasteiger partial charge < -0.3 is 5.73 Å². The first-order valence-corrected chi connectivity index (χ1v) is 6.57. The molecule has 0 aliphatic heterocycles. The van der Waals surface area contributed by atoms with Crippen LogP contribution in [0.1, 0.15) is 52.4 Å². The van der Waals surface area contributed by atoms with Crippen LogP contribution in [0.2, 0.25) is 0 Å². The molecular weight excluding hydrogens is 184 g/mol. The Morgan fingerprint density at radius 3 is 2.27 bits per heavy atom. The Labute approximate surface area is 95.2 Å². The number of hydrogen-bond acceptors (Lipinski definition) is 2. The lowest BCUT2D eigenvalue weighted by atomic mass is 9.84. The monoisotopic (exact) mass is 212 g/mol. The van der Waals surface area contributed by atoms with Gasteiger partial charge in [0.25, 0.3) is 0 Å². The van der Waals surface area contributed by atoms with Crippen LogP contribution in [0.25, 0.3) is 0 Å². The first kappa shape index (κ1) is 13.0. The average molecular weight is 212 g/mol. The first-order chi connectivity index (χ1) is 7.15. The Hall–Kier alpha value is -0.0800. The van der Waals surface area contributed by atoms with Crippen LogP contribution in [0.3, 0.4) is 0 Å². The molecule has 15 heavy (non-hydrogen) atoms. The van der Waals surface area contributed by atoms with Crippen LogP contribution in [0.5, 0.6) is 0 Å². The minimum atomic E-state index is 0.591. The summed E-state index contributed by atoms with van der Waals surface area (Å²) in [5.74, 6) is 0.938. The SMILES string of the molecule is CC(C)N(C)C(CN)CC1CCCCC1. The third-order valence-corrected chi connectivity index (χ3v) is 3.99. The van der Waals surface area contributed by atoms with E-state index in [1.54, 1.807) is 0 Å². The van der Waals surface area contributed by atoms with Crippen LogP contribution in [0, 0.1) is 5.92 Å². The molecule has 0 aromatic heterocycles. The van der Waals surface area contributed by atoms with Crippen LogP contribution in [0.4, 0.5) is 0 Å². The summed E-state index contributed by atoms with van der Waals surface area (Å²) in [5, 5.41) is 0. The minimum absolute atomic E-state index is 0.591. The van der Waals surface area contributed by atoms with E-state index in [0.717, 1.165) is 12.5 Å². The van der Waals surface area contributed by atoms with Gasteiger partial charge in [0.1, 0.15) is 0 Å². The second-order valence-electron chi connectivity index (χ2n) is 5.39. The molecule has 1 atom stereocenters. The van der Waals surface area contributed by atoms with Gasteiger partial charge in [0.05, 0.1) is 0 Å². The Balaban J connectivity index is 2.37. The maximum absolute atomic E-state index is 5.89. The van der Waals surface area contributed by atoms with Gasteiger partial charge in [-0.3, -0.25) is 4.90 Å². The lowest BCUT2D eigenvalue weighted by Gasteiger charge is -2.34. The fraction of sp³-hybridized carbons (Fsp3) is 1.00. The van der Waals surface area contributed by atoms with Gasteiger partial charge in [-0.25, -0.2) is 0 Å². The van der Waals surface area contributed by atoms with Crippen molar-refractivity contribution < 1.29 is 0 Å². The molecule has 2 N–H and O–H groups in total. The molecule has 0 aromatic carbocycles. The summed E-state index contributed by atoms with van der Waals surface area (Å²) >= 11 is 0. The molecule has 0 saturated heterocycles. The number of nitrogens with two attached hydrogens (primary N) is 1. The van der Waals surface area contributed by atoms with Gasteiger partial charge in [-0.05, 0) is 33.2 Å². The third-order valence-electron chi connectivity index (χ3n) is 3.99. The van der Waals surface area contributed by atoms with Crippen molar-refractivity contribution in [3.8, 4) is 0 Å². The van der Waals surface area contributed by atoms with Gasteiger partial charge in [0.15, 0.2) is 0 Å². The van der Waals surface area contributed by atoms with Gasteiger partial charge in [-0.15, -0.1) is 0 Å². The van der Waals surface area contributed by atoms with Gasteiger partial charge >= 0.3 is 0 Å². The Kier molecular flexibility index (Phi) is 5.62. The van der Waals surface area contributed by atoms with Gasteiger partial charge in [-0.2, -0.15) is 0 Å². The highest BCUT2D eigenvalue weighted by atomic mass is 15.2. The zero-order valence-electron chi connectivity index (χ0n) is 10.7.